The Morgan fingerprint density at radius 1 is 1.14 bits per heavy atom. The van der Waals surface area contributed by atoms with Crippen molar-refractivity contribution >= 4 is 17.2 Å². The van der Waals surface area contributed by atoms with Gasteiger partial charge < -0.3 is 14.8 Å². The summed E-state index contributed by atoms with van der Waals surface area (Å²) in [4.78, 5) is 25.6. The number of nitrogens with zero attached hydrogens (tertiary/aromatic N) is 2. The standard InChI is InChI=1S/C20H19N3O4S/c1-13-19(27-16-6-3-2-5-15(16)26-13)20(25)21-10-11-23-18(24)9-8-14(22-23)17-7-4-12-28-17/h2-9,12-13,19H,10-11H2,1H3,(H,21,25). The predicted molar refractivity (Wildman–Crippen MR) is 106 cm³/mol. The van der Waals surface area contributed by atoms with Gasteiger partial charge in [-0.05, 0) is 36.6 Å². The van der Waals surface area contributed by atoms with Crippen LogP contribution < -0.4 is 20.3 Å². The molecule has 0 aliphatic carbocycles. The molecule has 1 N–H and O–H groups in total. The smallest absolute Gasteiger partial charge is 0.266 e. The summed E-state index contributed by atoms with van der Waals surface area (Å²) in [5, 5.41) is 9.14. The first-order valence-electron chi connectivity index (χ1n) is 8.94. The van der Waals surface area contributed by atoms with E-state index >= 15 is 0 Å². The van der Waals surface area contributed by atoms with Crippen LogP contribution in [0.3, 0.4) is 0 Å². The number of hydrogen-bond acceptors (Lipinski definition) is 6. The lowest BCUT2D eigenvalue weighted by Crippen LogP contribution is -2.49. The van der Waals surface area contributed by atoms with Crippen LogP contribution in [0.15, 0.2) is 58.7 Å². The zero-order chi connectivity index (χ0) is 19.5. The Kier molecular flexibility index (Phi) is 5.12. The fourth-order valence-electron chi connectivity index (χ4n) is 2.96. The molecule has 1 amide bonds. The first-order chi connectivity index (χ1) is 13.6. The van der Waals surface area contributed by atoms with E-state index in [1.165, 1.54) is 10.7 Å². The minimum Gasteiger partial charge on any atom is -0.482 e. The average molecular weight is 397 g/mol. The molecule has 0 saturated heterocycles. The molecular formula is C20H19N3O4S. The van der Waals surface area contributed by atoms with Gasteiger partial charge in [0.25, 0.3) is 11.5 Å². The maximum atomic E-state index is 12.5. The van der Waals surface area contributed by atoms with E-state index in [4.69, 9.17) is 9.47 Å². The number of nitrogens with one attached hydrogen (secondary N) is 1. The molecule has 2 atom stereocenters. The third-order valence-electron chi connectivity index (χ3n) is 4.36. The number of thiophene rings is 1. The summed E-state index contributed by atoms with van der Waals surface area (Å²) in [6, 6.07) is 14.3. The molecule has 2 aromatic heterocycles. The van der Waals surface area contributed by atoms with Gasteiger partial charge in [0, 0.05) is 12.6 Å². The fourth-order valence-corrected chi connectivity index (χ4v) is 3.65. The maximum absolute atomic E-state index is 12.5. The molecular weight excluding hydrogens is 378 g/mol. The molecule has 8 heteroatoms. The molecule has 0 spiro atoms. The second-order valence-electron chi connectivity index (χ2n) is 6.36. The third-order valence-corrected chi connectivity index (χ3v) is 5.26. The second-order valence-corrected chi connectivity index (χ2v) is 7.30. The summed E-state index contributed by atoms with van der Waals surface area (Å²) < 4.78 is 12.9. The van der Waals surface area contributed by atoms with Crippen molar-refractivity contribution in [3.05, 3.63) is 64.3 Å². The molecule has 1 aliphatic heterocycles. The lowest BCUT2D eigenvalue weighted by atomic mass is 10.1. The van der Waals surface area contributed by atoms with Gasteiger partial charge >= 0.3 is 0 Å². The van der Waals surface area contributed by atoms with E-state index in [0.29, 0.717) is 11.5 Å². The van der Waals surface area contributed by atoms with Gasteiger partial charge in [0.1, 0.15) is 11.8 Å². The van der Waals surface area contributed by atoms with E-state index in [2.05, 4.69) is 10.4 Å². The van der Waals surface area contributed by atoms with E-state index < -0.39 is 12.2 Å². The van der Waals surface area contributed by atoms with Gasteiger partial charge in [0.15, 0.2) is 11.5 Å². The van der Waals surface area contributed by atoms with E-state index in [1.54, 1.807) is 36.5 Å². The van der Waals surface area contributed by atoms with Crippen LogP contribution in [0.4, 0.5) is 0 Å². The van der Waals surface area contributed by atoms with Crippen LogP contribution >= 0.6 is 11.3 Å². The van der Waals surface area contributed by atoms with E-state index in [1.807, 2.05) is 29.6 Å². The fraction of sp³-hybridized carbons (Fsp3) is 0.250. The molecule has 1 aliphatic rings. The summed E-state index contributed by atoms with van der Waals surface area (Å²) in [5.41, 5.74) is 0.518. The highest BCUT2D eigenvalue weighted by Crippen LogP contribution is 2.33. The Morgan fingerprint density at radius 2 is 1.93 bits per heavy atom. The summed E-state index contributed by atoms with van der Waals surface area (Å²) in [7, 11) is 0. The largest absolute Gasteiger partial charge is 0.482 e. The SMILES string of the molecule is CC1Oc2ccccc2OC1C(=O)NCCn1nc(-c2cccs2)ccc1=O. The number of carbonyl (C=O) groups excluding carboxylic acids is 1. The normalized spacial score (nSPS) is 17.9. The molecule has 28 heavy (non-hydrogen) atoms. The van der Waals surface area contributed by atoms with Crippen LogP contribution in [0.2, 0.25) is 0 Å². The van der Waals surface area contributed by atoms with Crippen LogP contribution in [-0.2, 0) is 11.3 Å². The summed E-state index contributed by atoms with van der Waals surface area (Å²) in [5.74, 6) is 0.881. The molecule has 0 radical (unpaired) electrons. The highest BCUT2D eigenvalue weighted by molar-refractivity contribution is 7.13. The van der Waals surface area contributed by atoms with Crippen molar-refractivity contribution in [2.45, 2.75) is 25.7 Å². The van der Waals surface area contributed by atoms with E-state index in [-0.39, 0.29) is 24.6 Å². The van der Waals surface area contributed by atoms with Crippen LogP contribution in [0.25, 0.3) is 10.6 Å². The van der Waals surface area contributed by atoms with Crippen molar-refractivity contribution in [3.63, 3.8) is 0 Å². The van der Waals surface area contributed by atoms with Gasteiger partial charge in [-0.15, -0.1) is 11.3 Å². The second kappa shape index (κ2) is 7.85. The Morgan fingerprint density at radius 3 is 2.68 bits per heavy atom. The lowest BCUT2D eigenvalue weighted by molar-refractivity contribution is -0.133. The van der Waals surface area contributed by atoms with Crippen LogP contribution in [0, 0.1) is 0 Å². The van der Waals surface area contributed by atoms with Crippen molar-refractivity contribution < 1.29 is 14.3 Å². The van der Waals surface area contributed by atoms with Crippen molar-refractivity contribution in [1.29, 1.82) is 0 Å². The topological polar surface area (TPSA) is 82.4 Å². The highest BCUT2D eigenvalue weighted by Gasteiger charge is 2.33. The Labute approximate surface area is 165 Å². The van der Waals surface area contributed by atoms with Crippen molar-refractivity contribution in [2.24, 2.45) is 0 Å². The highest BCUT2D eigenvalue weighted by atomic mass is 32.1. The molecule has 0 fully saturated rings. The quantitative estimate of drug-likeness (QED) is 0.714. The molecule has 0 saturated carbocycles. The number of rotatable bonds is 5. The Bertz CT molecular complexity index is 1030. The molecule has 144 valence electrons. The number of carbonyl (C=O) groups is 1. The van der Waals surface area contributed by atoms with Gasteiger partial charge in [0.05, 0.1) is 11.4 Å². The number of aromatic nitrogens is 2. The number of benzene rings is 1. The number of fused-ring (bicyclic) bond motifs is 1. The molecule has 2 unspecified atom stereocenters. The zero-order valence-electron chi connectivity index (χ0n) is 15.2. The number of ether oxygens (including phenoxy) is 2. The minimum atomic E-state index is -0.753. The molecule has 1 aromatic carbocycles. The molecule has 4 rings (SSSR count). The van der Waals surface area contributed by atoms with Crippen molar-refractivity contribution in [2.75, 3.05) is 6.54 Å². The Hall–Kier alpha value is -3.13. The predicted octanol–water partition coefficient (Wildman–Crippen LogP) is 2.32. The van der Waals surface area contributed by atoms with E-state index in [0.717, 1.165) is 10.6 Å². The van der Waals surface area contributed by atoms with Crippen molar-refractivity contribution in [1.82, 2.24) is 15.1 Å². The van der Waals surface area contributed by atoms with Gasteiger partial charge in [-0.2, -0.15) is 5.10 Å². The average Bonchev–Trinajstić information content (AvgIpc) is 3.23. The lowest BCUT2D eigenvalue weighted by Gasteiger charge is -2.31. The van der Waals surface area contributed by atoms with Gasteiger partial charge in [-0.25, -0.2) is 4.68 Å². The summed E-state index contributed by atoms with van der Waals surface area (Å²) in [6.07, 6.45) is -1.17. The van der Waals surface area contributed by atoms with Gasteiger partial charge in [0.2, 0.25) is 6.10 Å². The van der Waals surface area contributed by atoms with Crippen LogP contribution in [0.1, 0.15) is 6.92 Å². The first kappa shape index (κ1) is 18.2. The van der Waals surface area contributed by atoms with Crippen LogP contribution in [0.5, 0.6) is 11.5 Å². The third kappa shape index (κ3) is 3.77. The Balaban J connectivity index is 1.38. The van der Waals surface area contributed by atoms with Crippen LogP contribution in [-0.4, -0.2) is 34.4 Å². The molecule has 0 bridgehead atoms. The van der Waals surface area contributed by atoms with Crippen molar-refractivity contribution in [3.8, 4) is 22.1 Å². The van der Waals surface area contributed by atoms with Gasteiger partial charge in [-0.1, -0.05) is 18.2 Å². The van der Waals surface area contributed by atoms with E-state index in [9.17, 15) is 9.59 Å². The number of para-hydroxylation sites is 2. The minimum absolute atomic E-state index is 0.214. The summed E-state index contributed by atoms with van der Waals surface area (Å²) >= 11 is 1.55. The number of amides is 1. The number of hydrogen-bond donors (Lipinski definition) is 1. The first-order valence-corrected chi connectivity index (χ1v) is 9.82. The molecule has 3 heterocycles. The van der Waals surface area contributed by atoms with Gasteiger partial charge in [-0.3, -0.25) is 9.59 Å². The summed E-state index contributed by atoms with van der Waals surface area (Å²) in [6.45, 7) is 2.31. The monoisotopic (exact) mass is 397 g/mol. The molecule has 7 nitrogen and oxygen atoms in total. The maximum Gasteiger partial charge on any atom is 0.266 e. The zero-order valence-corrected chi connectivity index (χ0v) is 16.0. The molecule has 3 aromatic rings.